The van der Waals surface area contributed by atoms with Crippen LogP contribution in [0.4, 0.5) is 0 Å². The van der Waals surface area contributed by atoms with E-state index in [1.54, 1.807) is 25.3 Å². The Morgan fingerprint density at radius 2 is 1.90 bits per heavy atom. The van der Waals surface area contributed by atoms with E-state index in [1.165, 1.54) is 18.5 Å². The fourth-order valence-electron chi connectivity index (χ4n) is 1.71. The minimum atomic E-state index is -3.51. The third-order valence-corrected chi connectivity index (χ3v) is 4.51. The Hall–Kier alpha value is -1.35. The van der Waals surface area contributed by atoms with Crippen molar-refractivity contribution in [1.29, 1.82) is 0 Å². The van der Waals surface area contributed by atoms with Crippen LogP contribution in [0.15, 0.2) is 18.2 Å². The van der Waals surface area contributed by atoms with Crippen LogP contribution in [0, 0.1) is 0 Å². The third-order valence-electron chi connectivity index (χ3n) is 2.99. The Kier molecular flexibility index (Phi) is 6.90. The van der Waals surface area contributed by atoms with Crippen LogP contribution in [0.2, 0.25) is 0 Å². The van der Waals surface area contributed by atoms with Crippen LogP contribution >= 0.6 is 0 Å². The van der Waals surface area contributed by atoms with Crippen molar-refractivity contribution in [3.8, 4) is 11.5 Å². The molecule has 0 aromatic heterocycles. The van der Waals surface area contributed by atoms with Gasteiger partial charge >= 0.3 is 0 Å². The molecule has 1 rings (SSSR count). The molecule has 0 radical (unpaired) electrons. The second-order valence-electron chi connectivity index (χ2n) is 4.48. The summed E-state index contributed by atoms with van der Waals surface area (Å²) in [5.41, 5.74) is 6.16. The minimum Gasteiger partial charge on any atom is -0.493 e. The summed E-state index contributed by atoms with van der Waals surface area (Å²) < 4.78 is 38.1. The second kappa shape index (κ2) is 8.18. The summed E-state index contributed by atoms with van der Waals surface area (Å²) in [4.78, 5) is 0. The lowest BCUT2D eigenvalue weighted by molar-refractivity contribution is 0.354. The number of benzene rings is 1. The standard InChI is InChI=1S/C13H23N3O4S/c1-16(8-4-7-14)21(17,18)15-10-11-5-6-12(19-2)13(9-11)20-3/h5-6,9,15H,4,7-8,10,14H2,1-3H3. The third kappa shape index (κ3) is 5.16. The molecule has 0 spiro atoms. The maximum Gasteiger partial charge on any atom is 0.279 e. The van der Waals surface area contributed by atoms with Gasteiger partial charge in [-0.15, -0.1) is 0 Å². The van der Waals surface area contributed by atoms with E-state index in [2.05, 4.69) is 4.72 Å². The van der Waals surface area contributed by atoms with E-state index in [1.807, 2.05) is 0 Å². The number of hydrogen-bond donors (Lipinski definition) is 2. The smallest absolute Gasteiger partial charge is 0.279 e. The first kappa shape index (κ1) is 17.7. The van der Waals surface area contributed by atoms with Crippen LogP contribution in [-0.4, -0.2) is 47.1 Å². The summed E-state index contributed by atoms with van der Waals surface area (Å²) in [6.07, 6.45) is 0.619. The quantitative estimate of drug-likeness (QED) is 0.684. The predicted molar refractivity (Wildman–Crippen MR) is 81.6 cm³/mol. The second-order valence-corrected chi connectivity index (χ2v) is 6.34. The van der Waals surface area contributed by atoms with Gasteiger partial charge in [-0.3, -0.25) is 0 Å². The lowest BCUT2D eigenvalue weighted by Crippen LogP contribution is -2.38. The maximum absolute atomic E-state index is 12.0. The molecule has 0 heterocycles. The molecule has 0 aliphatic carbocycles. The van der Waals surface area contributed by atoms with Crippen LogP contribution in [0.5, 0.6) is 11.5 Å². The van der Waals surface area contributed by atoms with Crippen LogP contribution in [0.3, 0.4) is 0 Å². The average molecular weight is 317 g/mol. The Morgan fingerprint density at radius 3 is 2.48 bits per heavy atom. The molecule has 1 aromatic rings. The van der Waals surface area contributed by atoms with E-state index >= 15 is 0 Å². The van der Waals surface area contributed by atoms with Crippen molar-refractivity contribution in [2.24, 2.45) is 5.73 Å². The lowest BCUT2D eigenvalue weighted by Gasteiger charge is -2.17. The van der Waals surface area contributed by atoms with Gasteiger partial charge in [-0.05, 0) is 30.7 Å². The molecule has 0 saturated carbocycles. The number of methoxy groups -OCH3 is 2. The molecule has 0 atom stereocenters. The highest BCUT2D eigenvalue weighted by atomic mass is 32.2. The van der Waals surface area contributed by atoms with Crippen molar-refractivity contribution in [3.63, 3.8) is 0 Å². The van der Waals surface area contributed by atoms with Gasteiger partial charge in [0.1, 0.15) is 0 Å². The summed E-state index contributed by atoms with van der Waals surface area (Å²) >= 11 is 0. The fraction of sp³-hybridized carbons (Fsp3) is 0.538. The van der Waals surface area contributed by atoms with Gasteiger partial charge in [0.25, 0.3) is 10.2 Å². The topological polar surface area (TPSA) is 93.9 Å². The van der Waals surface area contributed by atoms with Crippen molar-refractivity contribution in [1.82, 2.24) is 9.03 Å². The molecule has 21 heavy (non-hydrogen) atoms. The van der Waals surface area contributed by atoms with E-state index in [4.69, 9.17) is 15.2 Å². The summed E-state index contributed by atoms with van der Waals surface area (Å²) in [6, 6.07) is 5.26. The zero-order chi connectivity index (χ0) is 15.9. The normalized spacial score (nSPS) is 11.7. The molecule has 3 N–H and O–H groups in total. The molecular weight excluding hydrogens is 294 g/mol. The summed E-state index contributed by atoms with van der Waals surface area (Å²) in [7, 11) is 1.09. The zero-order valence-corrected chi connectivity index (χ0v) is 13.4. The van der Waals surface area contributed by atoms with Crippen molar-refractivity contribution in [2.75, 3.05) is 34.4 Å². The van der Waals surface area contributed by atoms with Crippen molar-refractivity contribution in [2.45, 2.75) is 13.0 Å². The van der Waals surface area contributed by atoms with Crippen LogP contribution in [0.25, 0.3) is 0 Å². The maximum atomic E-state index is 12.0. The average Bonchev–Trinajstić information content (AvgIpc) is 2.50. The molecule has 7 nitrogen and oxygen atoms in total. The summed E-state index contributed by atoms with van der Waals surface area (Å²) in [5, 5.41) is 0. The van der Waals surface area contributed by atoms with Gasteiger partial charge in [0.2, 0.25) is 0 Å². The summed E-state index contributed by atoms with van der Waals surface area (Å²) in [6.45, 7) is 1.02. The molecule has 8 heteroatoms. The van der Waals surface area contributed by atoms with E-state index in [0.29, 0.717) is 31.0 Å². The number of hydrogen-bond acceptors (Lipinski definition) is 5. The monoisotopic (exact) mass is 317 g/mol. The first-order valence-electron chi connectivity index (χ1n) is 6.56. The highest BCUT2D eigenvalue weighted by molar-refractivity contribution is 7.87. The zero-order valence-electron chi connectivity index (χ0n) is 12.6. The van der Waals surface area contributed by atoms with E-state index in [9.17, 15) is 8.42 Å². The highest BCUT2D eigenvalue weighted by Crippen LogP contribution is 2.27. The van der Waals surface area contributed by atoms with E-state index in [0.717, 1.165) is 5.56 Å². The van der Waals surface area contributed by atoms with Crippen molar-refractivity contribution in [3.05, 3.63) is 23.8 Å². The molecule has 0 saturated heterocycles. The number of nitrogens with two attached hydrogens (primary N) is 1. The molecule has 0 unspecified atom stereocenters. The molecule has 0 fully saturated rings. The Balaban J connectivity index is 2.70. The van der Waals surface area contributed by atoms with Gasteiger partial charge in [-0.25, -0.2) is 0 Å². The molecular formula is C13H23N3O4S. The van der Waals surface area contributed by atoms with E-state index < -0.39 is 10.2 Å². The van der Waals surface area contributed by atoms with Gasteiger partial charge in [0.15, 0.2) is 11.5 Å². The van der Waals surface area contributed by atoms with E-state index in [-0.39, 0.29) is 6.54 Å². The molecule has 1 aromatic carbocycles. The largest absolute Gasteiger partial charge is 0.493 e. The number of ether oxygens (including phenoxy) is 2. The van der Waals surface area contributed by atoms with Crippen LogP contribution in [0.1, 0.15) is 12.0 Å². The first-order chi connectivity index (χ1) is 9.94. The molecule has 0 aliphatic rings. The SMILES string of the molecule is COc1ccc(CNS(=O)(=O)N(C)CCCN)cc1OC. The Labute approximate surface area is 126 Å². The lowest BCUT2D eigenvalue weighted by atomic mass is 10.2. The van der Waals surface area contributed by atoms with Crippen molar-refractivity contribution < 1.29 is 17.9 Å². The first-order valence-corrected chi connectivity index (χ1v) is 8.00. The number of nitrogens with one attached hydrogen (secondary N) is 1. The molecule has 120 valence electrons. The minimum absolute atomic E-state index is 0.176. The predicted octanol–water partition coefficient (Wildman–Crippen LogP) is 0.319. The van der Waals surface area contributed by atoms with Crippen LogP contribution in [-0.2, 0) is 16.8 Å². The van der Waals surface area contributed by atoms with Gasteiger partial charge in [-0.2, -0.15) is 17.4 Å². The van der Waals surface area contributed by atoms with Gasteiger partial charge in [0, 0.05) is 20.1 Å². The number of nitrogens with zero attached hydrogens (tertiary/aromatic N) is 1. The van der Waals surface area contributed by atoms with Crippen LogP contribution < -0.4 is 19.9 Å². The van der Waals surface area contributed by atoms with Gasteiger partial charge in [-0.1, -0.05) is 6.07 Å². The Bertz CT molecular complexity index is 548. The van der Waals surface area contributed by atoms with Gasteiger partial charge in [0.05, 0.1) is 14.2 Å². The fourth-order valence-corrected chi connectivity index (χ4v) is 2.65. The molecule has 0 bridgehead atoms. The number of rotatable bonds is 9. The molecule has 0 amide bonds. The highest BCUT2D eigenvalue weighted by Gasteiger charge is 2.16. The van der Waals surface area contributed by atoms with Crippen molar-refractivity contribution >= 4 is 10.2 Å². The molecule has 0 aliphatic heterocycles. The van der Waals surface area contributed by atoms with Gasteiger partial charge < -0.3 is 15.2 Å². The Morgan fingerprint density at radius 1 is 1.24 bits per heavy atom. The summed E-state index contributed by atoms with van der Waals surface area (Å²) in [5.74, 6) is 1.16.